The Kier molecular flexibility index (Phi) is 3.58. The van der Waals surface area contributed by atoms with Crippen molar-refractivity contribution in [2.75, 3.05) is 12.8 Å². The molecule has 94 valence electrons. The van der Waals surface area contributed by atoms with Gasteiger partial charge in [-0.3, -0.25) is 0 Å². The van der Waals surface area contributed by atoms with Crippen LogP contribution < -0.4 is 15.2 Å². The van der Waals surface area contributed by atoms with Crippen molar-refractivity contribution in [3.63, 3.8) is 0 Å². The van der Waals surface area contributed by atoms with Gasteiger partial charge in [-0.2, -0.15) is 0 Å². The summed E-state index contributed by atoms with van der Waals surface area (Å²) in [5, 5.41) is -0.00559. The van der Waals surface area contributed by atoms with Crippen LogP contribution in [0.3, 0.4) is 0 Å². The first-order valence-corrected chi connectivity index (χ1v) is 5.55. The number of hydrogen-bond donors (Lipinski definition) is 1. The quantitative estimate of drug-likeness (QED) is 0.859. The van der Waals surface area contributed by atoms with E-state index in [0.717, 1.165) is 0 Å². The van der Waals surface area contributed by atoms with Gasteiger partial charge in [-0.25, -0.2) is 4.39 Å². The summed E-state index contributed by atoms with van der Waals surface area (Å²) in [4.78, 5) is 0. The number of ether oxygens (including phenoxy) is 2. The first-order valence-electron chi connectivity index (χ1n) is 5.17. The minimum Gasteiger partial charge on any atom is -0.494 e. The Labute approximate surface area is 109 Å². The molecule has 0 aliphatic carbocycles. The Hall–Kier alpha value is -1.94. The van der Waals surface area contributed by atoms with Gasteiger partial charge in [-0.05, 0) is 24.3 Å². The van der Waals surface area contributed by atoms with Crippen molar-refractivity contribution >= 4 is 17.3 Å². The Morgan fingerprint density at radius 3 is 2.56 bits per heavy atom. The lowest BCUT2D eigenvalue weighted by Gasteiger charge is -2.11. The third kappa shape index (κ3) is 2.49. The molecule has 0 saturated heterocycles. The molecule has 0 aromatic heterocycles. The van der Waals surface area contributed by atoms with Crippen LogP contribution in [0.25, 0.3) is 0 Å². The van der Waals surface area contributed by atoms with Gasteiger partial charge in [-0.15, -0.1) is 0 Å². The molecule has 0 bridgehead atoms. The number of halogens is 2. The fraction of sp³-hybridized carbons (Fsp3) is 0.0769. The average molecular weight is 268 g/mol. The lowest BCUT2D eigenvalue weighted by Crippen LogP contribution is -1.96. The molecule has 0 fully saturated rings. The van der Waals surface area contributed by atoms with Gasteiger partial charge in [0.15, 0.2) is 5.75 Å². The molecule has 18 heavy (non-hydrogen) atoms. The lowest BCUT2D eigenvalue weighted by molar-refractivity contribution is 0.412. The fourth-order valence-electron chi connectivity index (χ4n) is 1.46. The smallest absolute Gasteiger partial charge is 0.154 e. The van der Waals surface area contributed by atoms with Gasteiger partial charge < -0.3 is 15.2 Å². The molecule has 0 amide bonds. The van der Waals surface area contributed by atoms with Crippen molar-refractivity contribution in [2.45, 2.75) is 0 Å². The van der Waals surface area contributed by atoms with Crippen LogP contribution in [0, 0.1) is 5.82 Å². The van der Waals surface area contributed by atoms with E-state index in [-0.39, 0.29) is 5.02 Å². The molecule has 0 spiro atoms. The summed E-state index contributed by atoms with van der Waals surface area (Å²) in [6.45, 7) is 0. The molecule has 2 aromatic carbocycles. The normalized spacial score (nSPS) is 10.2. The largest absolute Gasteiger partial charge is 0.494 e. The molecule has 2 rings (SSSR count). The number of benzene rings is 2. The summed E-state index contributed by atoms with van der Waals surface area (Å²) >= 11 is 5.67. The zero-order chi connectivity index (χ0) is 13.1. The number of rotatable bonds is 3. The minimum absolute atomic E-state index is 0.00559. The highest BCUT2D eigenvalue weighted by molar-refractivity contribution is 6.30. The second-order valence-electron chi connectivity index (χ2n) is 3.55. The van der Waals surface area contributed by atoms with Crippen LogP contribution in [-0.2, 0) is 0 Å². The predicted molar refractivity (Wildman–Crippen MR) is 68.9 cm³/mol. The van der Waals surface area contributed by atoms with Crippen LogP contribution in [-0.4, -0.2) is 7.11 Å². The number of nitrogen functional groups attached to an aromatic ring is 1. The lowest BCUT2D eigenvalue weighted by atomic mass is 10.2. The van der Waals surface area contributed by atoms with Gasteiger partial charge in [0, 0.05) is 6.07 Å². The molecular formula is C13H11ClFNO2. The van der Waals surface area contributed by atoms with Gasteiger partial charge in [0.25, 0.3) is 0 Å². The minimum atomic E-state index is -0.498. The van der Waals surface area contributed by atoms with Crippen molar-refractivity contribution < 1.29 is 13.9 Å². The molecule has 2 aromatic rings. The molecule has 0 heterocycles. The summed E-state index contributed by atoms with van der Waals surface area (Å²) in [5.74, 6) is 0.849. The van der Waals surface area contributed by atoms with E-state index in [9.17, 15) is 4.39 Å². The van der Waals surface area contributed by atoms with E-state index >= 15 is 0 Å². The number of para-hydroxylation sites is 1. The SMILES string of the molecule is COc1cccc(Oc2ccc(F)c(Cl)c2)c1N. The molecule has 0 aliphatic heterocycles. The highest BCUT2D eigenvalue weighted by atomic mass is 35.5. The van der Waals surface area contributed by atoms with Crippen molar-refractivity contribution in [2.24, 2.45) is 0 Å². The molecular weight excluding hydrogens is 257 g/mol. The van der Waals surface area contributed by atoms with Gasteiger partial charge >= 0.3 is 0 Å². The van der Waals surface area contributed by atoms with E-state index in [2.05, 4.69) is 0 Å². The third-order valence-electron chi connectivity index (χ3n) is 2.36. The Morgan fingerprint density at radius 1 is 1.17 bits per heavy atom. The van der Waals surface area contributed by atoms with Crippen LogP contribution in [0.4, 0.5) is 10.1 Å². The molecule has 0 aliphatic rings. The molecule has 0 unspecified atom stereocenters. The summed E-state index contributed by atoms with van der Waals surface area (Å²) < 4.78 is 23.6. The first-order chi connectivity index (χ1) is 8.61. The van der Waals surface area contributed by atoms with Gasteiger partial charge in [0.05, 0.1) is 12.1 Å². The van der Waals surface area contributed by atoms with E-state index in [1.807, 2.05) is 0 Å². The Morgan fingerprint density at radius 2 is 1.89 bits per heavy atom. The van der Waals surface area contributed by atoms with E-state index in [1.54, 1.807) is 18.2 Å². The van der Waals surface area contributed by atoms with E-state index in [4.69, 9.17) is 26.8 Å². The maximum atomic E-state index is 13.0. The molecule has 3 nitrogen and oxygen atoms in total. The first kappa shape index (κ1) is 12.5. The maximum Gasteiger partial charge on any atom is 0.154 e. The summed E-state index contributed by atoms with van der Waals surface area (Å²) in [5.41, 5.74) is 6.23. The number of methoxy groups -OCH3 is 1. The topological polar surface area (TPSA) is 44.5 Å². The van der Waals surface area contributed by atoms with Crippen molar-refractivity contribution in [1.29, 1.82) is 0 Å². The fourth-order valence-corrected chi connectivity index (χ4v) is 1.63. The van der Waals surface area contributed by atoms with Gasteiger partial charge in [-0.1, -0.05) is 17.7 Å². The highest BCUT2D eigenvalue weighted by Crippen LogP contribution is 2.35. The van der Waals surface area contributed by atoms with Crippen molar-refractivity contribution in [3.05, 3.63) is 47.2 Å². The van der Waals surface area contributed by atoms with Gasteiger partial charge in [0.2, 0.25) is 0 Å². The van der Waals surface area contributed by atoms with E-state index in [0.29, 0.717) is 22.9 Å². The van der Waals surface area contributed by atoms with Crippen molar-refractivity contribution in [3.8, 4) is 17.2 Å². The Balaban J connectivity index is 2.31. The maximum absolute atomic E-state index is 13.0. The predicted octanol–water partition coefficient (Wildman–Crippen LogP) is 3.86. The summed E-state index contributed by atoms with van der Waals surface area (Å²) in [7, 11) is 1.52. The van der Waals surface area contributed by atoms with Crippen LogP contribution >= 0.6 is 11.6 Å². The second-order valence-corrected chi connectivity index (χ2v) is 3.96. The van der Waals surface area contributed by atoms with Crippen LogP contribution in [0.2, 0.25) is 5.02 Å². The van der Waals surface area contributed by atoms with Crippen LogP contribution in [0.1, 0.15) is 0 Å². The second kappa shape index (κ2) is 5.14. The van der Waals surface area contributed by atoms with Crippen LogP contribution in [0.15, 0.2) is 36.4 Å². The zero-order valence-corrected chi connectivity index (χ0v) is 10.4. The summed E-state index contributed by atoms with van der Waals surface area (Å²) in [6.07, 6.45) is 0. The standard InChI is InChI=1S/C13H11ClFNO2/c1-17-11-3-2-4-12(13(11)16)18-8-5-6-10(15)9(14)7-8/h2-7H,16H2,1H3. The monoisotopic (exact) mass is 267 g/mol. The van der Waals surface area contributed by atoms with Crippen molar-refractivity contribution in [1.82, 2.24) is 0 Å². The van der Waals surface area contributed by atoms with Crippen LogP contribution in [0.5, 0.6) is 17.2 Å². The number of hydrogen-bond acceptors (Lipinski definition) is 3. The highest BCUT2D eigenvalue weighted by Gasteiger charge is 2.08. The van der Waals surface area contributed by atoms with E-state index < -0.39 is 5.82 Å². The van der Waals surface area contributed by atoms with E-state index in [1.165, 1.54) is 25.3 Å². The molecule has 0 saturated carbocycles. The number of anilines is 1. The number of nitrogens with two attached hydrogens (primary N) is 1. The summed E-state index contributed by atoms with van der Waals surface area (Å²) in [6, 6.07) is 9.24. The average Bonchev–Trinajstić information content (AvgIpc) is 2.36. The molecule has 0 atom stereocenters. The molecule has 0 radical (unpaired) electrons. The van der Waals surface area contributed by atoms with Gasteiger partial charge in [0.1, 0.15) is 23.0 Å². The Bertz CT molecular complexity index is 575. The molecule has 5 heteroatoms. The molecule has 2 N–H and O–H groups in total. The zero-order valence-electron chi connectivity index (χ0n) is 9.61. The third-order valence-corrected chi connectivity index (χ3v) is 2.65.